The summed E-state index contributed by atoms with van der Waals surface area (Å²) in [5.74, 6) is 0.637. The number of halogens is 1. The normalized spacial score (nSPS) is 11.7. The van der Waals surface area contributed by atoms with Crippen molar-refractivity contribution in [2.24, 2.45) is 5.41 Å². The number of aromatic nitrogens is 2. The molecular weight excluding hydrogens is 206 g/mol. The van der Waals surface area contributed by atoms with Gasteiger partial charge in [-0.15, -0.1) is 21.8 Å². The van der Waals surface area contributed by atoms with Crippen molar-refractivity contribution in [3.05, 3.63) is 5.01 Å². The lowest BCUT2D eigenvalue weighted by atomic mass is 9.97. The average molecular weight is 220 g/mol. The molecule has 0 fully saturated rings. The van der Waals surface area contributed by atoms with Crippen LogP contribution in [0.25, 0.3) is 0 Å². The summed E-state index contributed by atoms with van der Waals surface area (Å²) in [6.45, 7) is 6.99. The second kappa shape index (κ2) is 4.24. The molecule has 3 nitrogen and oxygen atoms in total. The van der Waals surface area contributed by atoms with Crippen molar-refractivity contribution < 1.29 is 0 Å². The number of hydrogen-bond acceptors (Lipinski definition) is 4. The maximum absolute atomic E-state index is 5.79. The van der Waals surface area contributed by atoms with Crippen LogP contribution >= 0.6 is 22.9 Å². The fraction of sp³-hybridized carbons (Fsp3) is 0.750. The highest BCUT2D eigenvalue weighted by Crippen LogP contribution is 2.20. The number of rotatable bonds is 4. The Morgan fingerprint density at radius 2 is 2.15 bits per heavy atom. The summed E-state index contributed by atoms with van der Waals surface area (Å²) < 4.78 is 0. The predicted molar refractivity (Wildman–Crippen MR) is 57.6 cm³/mol. The minimum atomic E-state index is 0.0983. The van der Waals surface area contributed by atoms with Crippen LogP contribution in [0.1, 0.15) is 18.9 Å². The van der Waals surface area contributed by atoms with Crippen molar-refractivity contribution in [2.45, 2.75) is 20.8 Å². The maximum Gasteiger partial charge on any atom is 0.205 e. The van der Waals surface area contributed by atoms with Gasteiger partial charge in [-0.1, -0.05) is 25.2 Å². The summed E-state index contributed by atoms with van der Waals surface area (Å²) in [6, 6.07) is 0. The number of nitrogens with zero attached hydrogens (tertiary/aromatic N) is 2. The third-order valence-electron chi connectivity index (χ3n) is 1.61. The second-order valence-electron chi connectivity index (χ2n) is 3.78. The van der Waals surface area contributed by atoms with Gasteiger partial charge in [-0.3, -0.25) is 0 Å². The van der Waals surface area contributed by atoms with Gasteiger partial charge in [0.15, 0.2) is 0 Å². The molecule has 0 aliphatic rings. The van der Waals surface area contributed by atoms with E-state index in [9.17, 15) is 0 Å². The molecule has 0 saturated carbocycles. The first-order valence-electron chi connectivity index (χ1n) is 4.13. The second-order valence-corrected chi connectivity index (χ2v) is 5.23. The Morgan fingerprint density at radius 1 is 1.46 bits per heavy atom. The Hall–Kier alpha value is -0.350. The minimum Gasteiger partial charge on any atom is -0.360 e. The van der Waals surface area contributed by atoms with Gasteiger partial charge in [-0.2, -0.15) is 0 Å². The summed E-state index contributed by atoms with van der Waals surface area (Å²) in [5.41, 5.74) is 0.0983. The van der Waals surface area contributed by atoms with Gasteiger partial charge in [-0.05, 0) is 12.3 Å². The predicted octanol–water partition coefficient (Wildman–Crippen LogP) is 2.52. The zero-order valence-corrected chi connectivity index (χ0v) is 9.67. The highest BCUT2D eigenvalue weighted by Gasteiger charge is 2.16. The van der Waals surface area contributed by atoms with E-state index in [0.29, 0.717) is 5.88 Å². The average Bonchev–Trinajstić information content (AvgIpc) is 2.48. The van der Waals surface area contributed by atoms with E-state index in [4.69, 9.17) is 11.6 Å². The van der Waals surface area contributed by atoms with Gasteiger partial charge >= 0.3 is 0 Å². The van der Waals surface area contributed by atoms with E-state index in [0.717, 1.165) is 16.7 Å². The zero-order valence-electron chi connectivity index (χ0n) is 8.09. The van der Waals surface area contributed by atoms with Crippen LogP contribution in [-0.4, -0.2) is 22.6 Å². The molecule has 1 aromatic rings. The zero-order chi connectivity index (χ0) is 9.90. The molecule has 1 heterocycles. The van der Waals surface area contributed by atoms with Crippen LogP contribution in [-0.2, 0) is 0 Å². The van der Waals surface area contributed by atoms with Gasteiger partial charge in [0.25, 0.3) is 0 Å². The lowest BCUT2D eigenvalue weighted by molar-refractivity contribution is 0.450. The van der Waals surface area contributed by atoms with Gasteiger partial charge < -0.3 is 5.32 Å². The topological polar surface area (TPSA) is 37.8 Å². The largest absolute Gasteiger partial charge is 0.360 e. The quantitative estimate of drug-likeness (QED) is 0.791. The first-order chi connectivity index (χ1) is 6.03. The van der Waals surface area contributed by atoms with Crippen LogP contribution in [0.3, 0.4) is 0 Å². The molecule has 0 amide bonds. The van der Waals surface area contributed by atoms with Crippen LogP contribution < -0.4 is 5.32 Å². The molecule has 1 rings (SSSR count). The van der Waals surface area contributed by atoms with E-state index >= 15 is 0 Å². The Labute approximate surface area is 87.5 Å². The van der Waals surface area contributed by atoms with E-state index in [-0.39, 0.29) is 5.41 Å². The molecule has 1 aromatic heterocycles. The summed E-state index contributed by atoms with van der Waals surface area (Å²) >= 11 is 7.35. The number of nitrogens with one attached hydrogen (secondary N) is 1. The molecule has 0 saturated heterocycles. The third-order valence-corrected chi connectivity index (χ3v) is 3.13. The van der Waals surface area contributed by atoms with Crippen LogP contribution in [0.5, 0.6) is 0 Å². The van der Waals surface area contributed by atoms with Crippen molar-refractivity contribution in [1.29, 1.82) is 0 Å². The van der Waals surface area contributed by atoms with Crippen molar-refractivity contribution in [2.75, 3.05) is 17.7 Å². The molecule has 0 bridgehead atoms. The highest BCUT2D eigenvalue weighted by molar-refractivity contribution is 7.15. The van der Waals surface area contributed by atoms with E-state index in [1.54, 1.807) is 11.3 Å². The lowest BCUT2D eigenvalue weighted by Crippen LogP contribution is -2.24. The van der Waals surface area contributed by atoms with Crippen LogP contribution in [0.15, 0.2) is 0 Å². The minimum absolute atomic E-state index is 0.0983. The first kappa shape index (κ1) is 10.7. The number of hydrogen-bond donors (Lipinski definition) is 1. The Morgan fingerprint density at radius 3 is 2.62 bits per heavy atom. The van der Waals surface area contributed by atoms with Crippen LogP contribution in [0.4, 0.5) is 5.13 Å². The molecule has 5 heteroatoms. The Kier molecular flexibility index (Phi) is 3.50. The van der Waals surface area contributed by atoms with E-state index < -0.39 is 0 Å². The van der Waals surface area contributed by atoms with Gasteiger partial charge in [0.05, 0.1) is 0 Å². The molecule has 0 aromatic carbocycles. The fourth-order valence-electron chi connectivity index (χ4n) is 0.730. The Bertz CT molecular complexity index is 272. The smallest absolute Gasteiger partial charge is 0.205 e. The van der Waals surface area contributed by atoms with Crippen LogP contribution in [0, 0.1) is 12.3 Å². The monoisotopic (exact) mass is 219 g/mol. The van der Waals surface area contributed by atoms with E-state index in [2.05, 4.69) is 29.4 Å². The maximum atomic E-state index is 5.79. The molecule has 0 aliphatic heterocycles. The van der Waals surface area contributed by atoms with Crippen molar-refractivity contribution in [3.63, 3.8) is 0 Å². The van der Waals surface area contributed by atoms with E-state index in [1.807, 2.05) is 6.92 Å². The van der Waals surface area contributed by atoms with E-state index in [1.165, 1.54) is 0 Å². The van der Waals surface area contributed by atoms with Crippen molar-refractivity contribution in [3.8, 4) is 0 Å². The molecule has 0 aliphatic carbocycles. The molecular formula is C8H14ClN3S. The van der Waals surface area contributed by atoms with Crippen molar-refractivity contribution >= 4 is 28.1 Å². The van der Waals surface area contributed by atoms with Gasteiger partial charge in [0, 0.05) is 12.4 Å². The SMILES string of the molecule is Cc1nnc(NCC(C)(C)CCl)s1. The summed E-state index contributed by atoms with van der Waals surface area (Å²) in [6.07, 6.45) is 0. The summed E-state index contributed by atoms with van der Waals surface area (Å²) in [4.78, 5) is 0. The molecule has 0 spiro atoms. The lowest BCUT2D eigenvalue weighted by Gasteiger charge is -2.20. The number of aryl methyl sites for hydroxylation is 1. The van der Waals surface area contributed by atoms with Crippen molar-refractivity contribution in [1.82, 2.24) is 10.2 Å². The van der Waals surface area contributed by atoms with Gasteiger partial charge in [0.1, 0.15) is 5.01 Å². The summed E-state index contributed by atoms with van der Waals surface area (Å²) in [5, 5.41) is 12.9. The van der Waals surface area contributed by atoms with Gasteiger partial charge in [0.2, 0.25) is 5.13 Å². The van der Waals surface area contributed by atoms with Gasteiger partial charge in [-0.25, -0.2) is 0 Å². The third kappa shape index (κ3) is 3.48. The standard InChI is InChI=1S/C8H14ClN3S/c1-6-11-12-7(13-6)10-5-8(2,3)4-9/h4-5H2,1-3H3,(H,10,12). The molecule has 0 unspecified atom stereocenters. The molecule has 13 heavy (non-hydrogen) atoms. The Balaban J connectivity index is 2.43. The molecule has 1 N–H and O–H groups in total. The molecule has 0 radical (unpaired) electrons. The number of anilines is 1. The number of alkyl halides is 1. The fourth-order valence-corrected chi connectivity index (χ4v) is 1.41. The molecule has 0 atom stereocenters. The highest BCUT2D eigenvalue weighted by atomic mass is 35.5. The molecule has 74 valence electrons. The first-order valence-corrected chi connectivity index (χ1v) is 5.48. The van der Waals surface area contributed by atoms with Crippen LogP contribution in [0.2, 0.25) is 0 Å². The summed E-state index contributed by atoms with van der Waals surface area (Å²) in [7, 11) is 0.